The molecule has 152 valence electrons. The van der Waals surface area contributed by atoms with E-state index in [1.807, 2.05) is 67.8 Å². The molecule has 0 radical (unpaired) electrons. The molecule has 2 heterocycles. The quantitative estimate of drug-likeness (QED) is 0.451. The van der Waals surface area contributed by atoms with Gasteiger partial charge in [-0.1, -0.05) is 29.4 Å². The van der Waals surface area contributed by atoms with Gasteiger partial charge in [-0.2, -0.15) is 0 Å². The number of aryl methyl sites for hydroxylation is 1. The minimum absolute atomic E-state index is 0.244. The lowest BCUT2D eigenvalue weighted by Crippen LogP contribution is -2.22. The third kappa shape index (κ3) is 4.58. The number of amides is 1. The Kier molecular flexibility index (Phi) is 5.90. The molecular weight excluding hydrogens is 398 g/mol. The standard InChI is InChI=1S/C23H21N3O3S/c1-3-28-19-10-8-18(9-11-19)22-12-20(26-29-22)23(27)24-13-16-4-6-17(7-5-16)21-14-30-15(2)25-21/h4-12,14H,3,13H2,1-2H3,(H,24,27). The van der Waals surface area contributed by atoms with Gasteiger partial charge in [0.25, 0.3) is 5.91 Å². The fraction of sp³-hybridized carbons (Fsp3) is 0.174. The van der Waals surface area contributed by atoms with Crippen LogP contribution in [0.1, 0.15) is 28.0 Å². The van der Waals surface area contributed by atoms with Gasteiger partial charge in [0, 0.05) is 29.1 Å². The molecule has 2 aromatic heterocycles. The molecule has 0 atom stereocenters. The first-order valence-corrected chi connectivity index (χ1v) is 10.5. The van der Waals surface area contributed by atoms with E-state index >= 15 is 0 Å². The minimum atomic E-state index is -0.282. The molecule has 0 bridgehead atoms. The lowest BCUT2D eigenvalue weighted by atomic mass is 10.1. The number of aromatic nitrogens is 2. The molecule has 4 rings (SSSR count). The van der Waals surface area contributed by atoms with Crippen LogP contribution in [0, 0.1) is 6.92 Å². The fourth-order valence-corrected chi connectivity index (χ4v) is 3.58. The molecule has 0 fully saturated rings. The van der Waals surface area contributed by atoms with Crippen LogP contribution in [0.15, 0.2) is 64.5 Å². The van der Waals surface area contributed by atoms with Gasteiger partial charge in [-0.05, 0) is 43.7 Å². The van der Waals surface area contributed by atoms with Gasteiger partial charge in [0.15, 0.2) is 11.5 Å². The van der Waals surface area contributed by atoms with Crippen LogP contribution in [0.4, 0.5) is 0 Å². The van der Waals surface area contributed by atoms with Crippen LogP contribution in [-0.2, 0) is 6.54 Å². The number of ether oxygens (including phenoxy) is 1. The van der Waals surface area contributed by atoms with E-state index in [2.05, 4.69) is 15.5 Å². The van der Waals surface area contributed by atoms with Crippen molar-refractivity contribution >= 4 is 17.2 Å². The van der Waals surface area contributed by atoms with Crippen LogP contribution < -0.4 is 10.1 Å². The Bertz CT molecular complexity index is 1130. The van der Waals surface area contributed by atoms with Crippen molar-refractivity contribution in [3.05, 3.63) is 76.2 Å². The predicted molar refractivity (Wildman–Crippen MR) is 117 cm³/mol. The highest BCUT2D eigenvalue weighted by Gasteiger charge is 2.14. The van der Waals surface area contributed by atoms with Gasteiger partial charge < -0.3 is 14.6 Å². The summed E-state index contributed by atoms with van der Waals surface area (Å²) in [5.74, 6) is 1.04. The molecule has 4 aromatic rings. The van der Waals surface area contributed by atoms with Crippen molar-refractivity contribution in [2.24, 2.45) is 0 Å². The fourth-order valence-electron chi connectivity index (χ4n) is 2.96. The number of nitrogens with zero attached hydrogens (tertiary/aromatic N) is 2. The Labute approximate surface area is 178 Å². The van der Waals surface area contributed by atoms with E-state index in [4.69, 9.17) is 9.26 Å². The van der Waals surface area contributed by atoms with Crippen LogP contribution >= 0.6 is 11.3 Å². The van der Waals surface area contributed by atoms with Crippen LogP contribution in [0.25, 0.3) is 22.6 Å². The van der Waals surface area contributed by atoms with E-state index in [9.17, 15) is 4.79 Å². The first kappa shape index (κ1) is 19.8. The summed E-state index contributed by atoms with van der Waals surface area (Å²) in [5, 5.41) is 9.85. The molecule has 0 unspecified atom stereocenters. The number of thiazole rings is 1. The molecule has 2 aromatic carbocycles. The lowest BCUT2D eigenvalue weighted by molar-refractivity contribution is 0.0942. The van der Waals surface area contributed by atoms with Crippen LogP contribution in [0.2, 0.25) is 0 Å². The van der Waals surface area contributed by atoms with E-state index in [-0.39, 0.29) is 11.6 Å². The van der Waals surface area contributed by atoms with Crippen molar-refractivity contribution in [1.29, 1.82) is 0 Å². The molecule has 0 aliphatic heterocycles. The highest BCUT2D eigenvalue weighted by atomic mass is 32.1. The Morgan fingerprint density at radius 3 is 2.50 bits per heavy atom. The maximum absolute atomic E-state index is 12.4. The molecule has 6 nitrogen and oxygen atoms in total. The smallest absolute Gasteiger partial charge is 0.273 e. The summed E-state index contributed by atoms with van der Waals surface area (Å²) in [6.07, 6.45) is 0. The van der Waals surface area contributed by atoms with Gasteiger partial charge in [0.05, 0.1) is 17.3 Å². The van der Waals surface area contributed by atoms with Crippen LogP contribution in [0.5, 0.6) is 5.75 Å². The average Bonchev–Trinajstić information content (AvgIpc) is 3.43. The second kappa shape index (κ2) is 8.92. The Hall–Kier alpha value is -3.45. The molecule has 1 N–H and O–H groups in total. The number of hydrogen-bond donors (Lipinski definition) is 1. The molecule has 1 amide bonds. The maximum atomic E-state index is 12.4. The molecule has 0 aliphatic rings. The summed E-state index contributed by atoms with van der Waals surface area (Å²) in [7, 11) is 0. The summed E-state index contributed by atoms with van der Waals surface area (Å²) < 4.78 is 10.8. The summed E-state index contributed by atoms with van der Waals surface area (Å²) in [4.78, 5) is 16.9. The van der Waals surface area contributed by atoms with E-state index in [0.29, 0.717) is 18.9 Å². The molecule has 0 spiro atoms. The number of carbonyl (C=O) groups is 1. The second-order valence-corrected chi connectivity index (χ2v) is 7.73. The van der Waals surface area contributed by atoms with Crippen molar-refractivity contribution in [2.75, 3.05) is 6.61 Å². The van der Waals surface area contributed by atoms with Gasteiger partial charge in [-0.3, -0.25) is 4.79 Å². The molecular formula is C23H21N3O3S. The van der Waals surface area contributed by atoms with Crippen molar-refractivity contribution in [3.63, 3.8) is 0 Å². The molecule has 0 aliphatic carbocycles. The molecule has 30 heavy (non-hydrogen) atoms. The normalized spacial score (nSPS) is 10.7. The zero-order chi connectivity index (χ0) is 20.9. The highest BCUT2D eigenvalue weighted by molar-refractivity contribution is 7.09. The van der Waals surface area contributed by atoms with Gasteiger partial charge in [0.2, 0.25) is 0 Å². The second-order valence-electron chi connectivity index (χ2n) is 6.67. The topological polar surface area (TPSA) is 77.2 Å². The van der Waals surface area contributed by atoms with Crippen molar-refractivity contribution in [3.8, 4) is 28.3 Å². The first-order valence-electron chi connectivity index (χ1n) is 9.62. The zero-order valence-electron chi connectivity index (χ0n) is 16.7. The maximum Gasteiger partial charge on any atom is 0.273 e. The number of hydrogen-bond acceptors (Lipinski definition) is 6. The van der Waals surface area contributed by atoms with Gasteiger partial charge in [-0.15, -0.1) is 11.3 Å². The summed E-state index contributed by atoms with van der Waals surface area (Å²) in [5.41, 5.74) is 4.10. The van der Waals surface area contributed by atoms with Crippen LogP contribution in [0.3, 0.4) is 0 Å². The van der Waals surface area contributed by atoms with Crippen molar-refractivity contribution in [2.45, 2.75) is 20.4 Å². The SMILES string of the molecule is CCOc1ccc(-c2cc(C(=O)NCc3ccc(-c4csc(C)n4)cc3)no2)cc1. The Morgan fingerprint density at radius 2 is 1.83 bits per heavy atom. The number of carbonyl (C=O) groups excluding carboxylic acids is 1. The predicted octanol–water partition coefficient (Wildman–Crippen LogP) is 5.10. The monoisotopic (exact) mass is 419 g/mol. The summed E-state index contributed by atoms with van der Waals surface area (Å²) in [6.45, 7) is 4.94. The summed E-state index contributed by atoms with van der Waals surface area (Å²) >= 11 is 1.63. The zero-order valence-corrected chi connectivity index (χ0v) is 17.5. The first-order chi connectivity index (χ1) is 14.6. The lowest BCUT2D eigenvalue weighted by Gasteiger charge is -2.04. The van der Waals surface area contributed by atoms with E-state index in [1.165, 1.54) is 0 Å². The minimum Gasteiger partial charge on any atom is -0.494 e. The van der Waals surface area contributed by atoms with E-state index in [0.717, 1.165) is 33.1 Å². The van der Waals surface area contributed by atoms with Gasteiger partial charge >= 0.3 is 0 Å². The molecule has 7 heteroatoms. The van der Waals surface area contributed by atoms with E-state index in [1.54, 1.807) is 17.4 Å². The van der Waals surface area contributed by atoms with Crippen LogP contribution in [-0.4, -0.2) is 22.7 Å². The number of benzene rings is 2. The van der Waals surface area contributed by atoms with Crippen molar-refractivity contribution < 1.29 is 14.1 Å². The molecule has 0 saturated carbocycles. The third-order valence-corrected chi connectivity index (χ3v) is 5.29. The molecule has 0 saturated heterocycles. The van der Waals surface area contributed by atoms with E-state index < -0.39 is 0 Å². The largest absolute Gasteiger partial charge is 0.494 e. The highest BCUT2D eigenvalue weighted by Crippen LogP contribution is 2.24. The Balaban J connectivity index is 1.36. The Morgan fingerprint density at radius 1 is 1.10 bits per heavy atom. The summed E-state index contributed by atoms with van der Waals surface area (Å²) in [6, 6.07) is 17.1. The number of nitrogens with one attached hydrogen (secondary N) is 1. The average molecular weight is 420 g/mol. The van der Waals surface area contributed by atoms with Gasteiger partial charge in [-0.25, -0.2) is 4.98 Å². The third-order valence-electron chi connectivity index (χ3n) is 4.51. The van der Waals surface area contributed by atoms with Gasteiger partial charge in [0.1, 0.15) is 5.75 Å². The van der Waals surface area contributed by atoms with Crippen molar-refractivity contribution in [1.82, 2.24) is 15.5 Å². The number of rotatable bonds is 7.